The van der Waals surface area contributed by atoms with E-state index >= 15 is 0 Å². The number of rotatable bonds is 9. The molecule has 1 amide bonds. The van der Waals surface area contributed by atoms with Gasteiger partial charge in [0.2, 0.25) is 5.91 Å². The molecule has 94 valence electrons. The smallest absolute Gasteiger partial charge is 0.234 e. The minimum atomic E-state index is -0.0696. The van der Waals surface area contributed by atoms with Crippen LogP contribution in [0, 0.1) is 0 Å². The van der Waals surface area contributed by atoms with Crippen LogP contribution in [0.5, 0.6) is 0 Å². The van der Waals surface area contributed by atoms with E-state index in [9.17, 15) is 4.79 Å². The molecule has 0 aromatic carbocycles. The Morgan fingerprint density at radius 3 is 2.88 bits per heavy atom. The van der Waals surface area contributed by atoms with Crippen LogP contribution < -0.4 is 5.32 Å². The van der Waals surface area contributed by atoms with Gasteiger partial charge >= 0.3 is 0 Å². The van der Waals surface area contributed by atoms with Gasteiger partial charge in [0.15, 0.2) is 0 Å². The Balaban J connectivity index is 3.93. The molecule has 0 bridgehead atoms. The van der Waals surface area contributed by atoms with E-state index in [4.69, 9.17) is 9.84 Å². The monoisotopic (exact) mass is 230 g/mol. The Kier molecular flexibility index (Phi) is 8.80. The summed E-state index contributed by atoms with van der Waals surface area (Å²) >= 11 is 0. The van der Waals surface area contributed by atoms with Gasteiger partial charge in [-0.15, -0.1) is 6.58 Å². The fraction of sp³-hybridized carbons (Fsp3) is 0.727. The van der Waals surface area contributed by atoms with E-state index in [1.807, 2.05) is 11.8 Å². The Bertz CT molecular complexity index is 209. The van der Waals surface area contributed by atoms with Gasteiger partial charge in [0.05, 0.1) is 19.8 Å². The molecule has 0 saturated heterocycles. The van der Waals surface area contributed by atoms with Gasteiger partial charge in [-0.2, -0.15) is 0 Å². The highest BCUT2D eigenvalue weighted by Crippen LogP contribution is 1.89. The first-order valence-corrected chi connectivity index (χ1v) is 5.36. The van der Waals surface area contributed by atoms with Crippen LogP contribution in [-0.2, 0) is 9.53 Å². The minimum absolute atomic E-state index is 0.00259. The van der Waals surface area contributed by atoms with Crippen molar-refractivity contribution >= 4 is 5.91 Å². The molecule has 1 unspecified atom stereocenters. The molecular formula is C11H22N2O3. The van der Waals surface area contributed by atoms with E-state index < -0.39 is 0 Å². The molecule has 0 aliphatic rings. The zero-order valence-corrected chi connectivity index (χ0v) is 10.1. The lowest BCUT2D eigenvalue weighted by Gasteiger charge is -2.20. The lowest BCUT2D eigenvalue weighted by atomic mass is 10.3. The molecule has 0 radical (unpaired) electrons. The van der Waals surface area contributed by atoms with E-state index in [1.165, 1.54) is 0 Å². The van der Waals surface area contributed by atoms with Gasteiger partial charge in [-0.05, 0) is 6.92 Å². The highest BCUT2D eigenvalue weighted by molar-refractivity contribution is 5.78. The van der Waals surface area contributed by atoms with Gasteiger partial charge in [0, 0.05) is 26.2 Å². The van der Waals surface area contributed by atoms with Gasteiger partial charge < -0.3 is 15.2 Å². The summed E-state index contributed by atoms with van der Waals surface area (Å²) in [5, 5.41) is 11.6. The fourth-order valence-corrected chi connectivity index (χ4v) is 1.37. The summed E-state index contributed by atoms with van der Waals surface area (Å²) in [5.74, 6) is -0.0696. The normalized spacial score (nSPS) is 12.5. The molecule has 0 saturated carbocycles. The standard InChI is InChI=1S/C11H22N2O3/c1-4-5-13(6-7-14)8-11(15)12-10(2)9-16-3/h4,10,14H,1,5-9H2,2-3H3,(H,12,15). The number of carbonyl (C=O) groups is 1. The van der Waals surface area contributed by atoms with Gasteiger partial charge in [-0.1, -0.05) is 6.08 Å². The van der Waals surface area contributed by atoms with Gasteiger partial charge in [-0.25, -0.2) is 0 Å². The number of ether oxygens (including phenoxy) is 1. The van der Waals surface area contributed by atoms with E-state index in [1.54, 1.807) is 13.2 Å². The largest absolute Gasteiger partial charge is 0.395 e. The number of carbonyl (C=O) groups excluding carboxylic acids is 1. The fourth-order valence-electron chi connectivity index (χ4n) is 1.37. The lowest BCUT2D eigenvalue weighted by molar-refractivity contribution is -0.123. The second-order valence-corrected chi connectivity index (χ2v) is 3.67. The van der Waals surface area contributed by atoms with Gasteiger partial charge in [0.25, 0.3) is 0 Å². The van der Waals surface area contributed by atoms with Crippen LogP contribution in [0.15, 0.2) is 12.7 Å². The summed E-state index contributed by atoms with van der Waals surface area (Å²) in [7, 11) is 1.60. The summed E-state index contributed by atoms with van der Waals surface area (Å²) in [6.45, 7) is 7.34. The third-order valence-electron chi connectivity index (χ3n) is 1.99. The average molecular weight is 230 g/mol. The molecule has 0 fully saturated rings. The van der Waals surface area contributed by atoms with Crippen molar-refractivity contribution in [3.8, 4) is 0 Å². The van der Waals surface area contributed by atoms with Crippen LogP contribution in [-0.4, -0.2) is 61.9 Å². The molecule has 16 heavy (non-hydrogen) atoms. The molecule has 5 nitrogen and oxygen atoms in total. The number of amides is 1. The maximum atomic E-state index is 11.6. The summed E-state index contributed by atoms with van der Waals surface area (Å²) in [4.78, 5) is 13.4. The van der Waals surface area contributed by atoms with E-state index in [2.05, 4.69) is 11.9 Å². The number of aliphatic hydroxyl groups is 1. The van der Waals surface area contributed by atoms with Crippen molar-refractivity contribution in [1.29, 1.82) is 0 Å². The van der Waals surface area contributed by atoms with Crippen LogP contribution in [0.25, 0.3) is 0 Å². The molecule has 5 heteroatoms. The molecule has 0 aliphatic heterocycles. The van der Waals surface area contributed by atoms with E-state index in [-0.39, 0.29) is 25.1 Å². The van der Waals surface area contributed by atoms with Crippen molar-refractivity contribution in [3.63, 3.8) is 0 Å². The van der Waals surface area contributed by atoms with Crippen molar-refractivity contribution in [2.45, 2.75) is 13.0 Å². The zero-order valence-electron chi connectivity index (χ0n) is 10.1. The van der Waals surface area contributed by atoms with Crippen LogP contribution >= 0.6 is 0 Å². The summed E-state index contributed by atoms with van der Waals surface area (Å²) in [5.41, 5.74) is 0. The van der Waals surface area contributed by atoms with Crippen molar-refractivity contribution in [2.75, 3.05) is 40.0 Å². The van der Waals surface area contributed by atoms with Crippen molar-refractivity contribution < 1.29 is 14.6 Å². The number of methoxy groups -OCH3 is 1. The average Bonchev–Trinajstić information content (AvgIpc) is 2.18. The van der Waals surface area contributed by atoms with Crippen LogP contribution in [0.4, 0.5) is 0 Å². The van der Waals surface area contributed by atoms with Gasteiger partial charge in [-0.3, -0.25) is 9.69 Å². The number of nitrogens with one attached hydrogen (secondary N) is 1. The van der Waals surface area contributed by atoms with E-state index in [0.717, 1.165) is 0 Å². The molecule has 0 aromatic heterocycles. The summed E-state index contributed by atoms with van der Waals surface area (Å²) in [6, 6.07) is -0.00259. The molecule has 2 N–H and O–H groups in total. The molecular weight excluding hydrogens is 208 g/mol. The Labute approximate surface area is 97.1 Å². The second kappa shape index (κ2) is 9.33. The highest BCUT2D eigenvalue weighted by atomic mass is 16.5. The topological polar surface area (TPSA) is 61.8 Å². The maximum absolute atomic E-state index is 11.6. The Morgan fingerprint density at radius 2 is 2.38 bits per heavy atom. The van der Waals surface area contributed by atoms with Crippen LogP contribution in [0.2, 0.25) is 0 Å². The minimum Gasteiger partial charge on any atom is -0.395 e. The summed E-state index contributed by atoms with van der Waals surface area (Å²) < 4.78 is 4.92. The van der Waals surface area contributed by atoms with Crippen molar-refractivity contribution in [2.24, 2.45) is 0 Å². The molecule has 0 aromatic rings. The predicted octanol–water partition coefficient (Wildman–Crippen LogP) is -0.382. The number of aliphatic hydroxyl groups excluding tert-OH is 1. The quantitative estimate of drug-likeness (QED) is 0.530. The molecule has 1 atom stereocenters. The van der Waals surface area contributed by atoms with E-state index in [0.29, 0.717) is 19.7 Å². The second-order valence-electron chi connectivity index (χ2n) is 3.67. The first kappa shape index (κ1) is 15.1. The summed E-state index contributed by atoms with van der Waals surface area (Å²) in [6.07, 6.45) is 1.71. The molecule has 0 heterocycles. The first-order valence-electron chi connectivity index (χ1n) is 5.36. The lowest BCUT2D eigenvalue weighted by Crippen LogP contribution is -2.43. The maximum Gasteiger partial charge on any atom is 0.234 e. The predicted molar refractivity (Wildman–Crippen MR) is 63.2 cm³/mol. The molecule has 0 rings (SSSR count). The van der Waals surface area contributed by atoms with Crippen molar-refractivity contribution in [1.82, 2.24) is 10.2 Å². The Hall–Kier alpha value is -0.910. The zero-order chi connectivity index (χ0) is 12.4. The number of hydrogen-bond acceptors (Lipinski definition) is 4. The first-order chi connectivity index (χ1) is 7.63. The number of hydrogen-bond donors (Lipinski definition) is 2. The highest BCUT2D eigenvalue weighted by Gasteiger charge is 2.11. The molecule has 0 spiro atoms. The van der Waals surface area contributed by atoms with Crippen LogP contribution in [0.3, 0.4) is 0 Å². The SMILES string of the molecule is C=CCN(CCO)CC(=O)NC(C)COC. The van der Waals surface area contributed by atoms with Gasteiger partial charge in [0.1, 0.15) is 0 Å². The number of nitrogens with zero attached hydrogens (tertiary/aromatic N) is 1. The van der Waals surface area contributed by atoms with Crippen LogP contribution in [0.1, 0.15) is 6.92 Å². The van der Waals surface area contributed by atoms with Crippen molar-refractivity contribution in [3.05, 3.63) is 12.7 Å². The third kappa shape index (κ3) is 7.39. The molecule has 0 aliphatic carbocycles. The third-order valence-corrected chi connectivity index (χ3v) is 1.99. The Morgan fingerprint density at radius 1 is 1.69 bits per heavy atom.